The van der Waals surface area contributed by atoms with Gasteiger partial charge in [0, 0.05) is 17.8 Å². The summed E-state index contributed by atoms with van der Waals surface area (Å²) in [6, 6.07) is 3.35. The number of nitrogens with two attached hydrogens (primary N) is 1. The normalized spacial score (nSPS) is 19.0. The Bertz CT molecular complexity index is 565. The van der Waals surface area contributed by atoms with E-state index in [0.29, 0.717) is 22.7 Å². The number of carbonyl (C=O) groups is 1. The molecule has 3 N–H and O–H groups in total. The van der Waals surface area contributed by atoms with Crippen LogP contribution < -0.4 is 20.5 Å². The van der Waals surface area contributed by atoms with Gasteiger partial charge in [0.1, 0.15) is 0 Å². The third kappa shape index (κ3) is 2.30. The SMILES string of the molecule is COc1cc(N)c(C(=O)NC2C(C)(C)C2(C)C)cc1OC. The molecule has 1 aliphatic rings. The van der Waals surface area contributed by atoms with Crippen LogP contribution in [-0.2, 0) is 0 Å². The zero-order valence-electron chi connectivity index (χ0n) is 13.5. The van der Waals surface area contributed by atoms with Crippen molar-refractivity contribution in [1.82, 2.24) is 5.32 Å². The van der Waals surface area contributed by atoms with Gasteiger partial charge in [0.05, 0.1) is 19.8 Å². The summed E-state index contributed by atoms with van der Waals surface area (Å²) in [5, 5.41) is 3.07. The Hall–Kier alpha value is -1.91. The van der Waals surface area contributed by atoms with Gasteiger partial charge in [-0.15, -0.1) is 0 Å². The van der Waals surface area contributed by atoms with E-state index < -0.39 is 0 Å². The van der Waals surface area contributed by atoms with Gasteiger partial charge >= 0.3 is 0 Å². The zero-order chi connectivity index (χ0) is 16.0. The number of hydrogen-bond acceptors (Lipinski definition) is 4. The average Bonchev–Trinajstić information content (AvgIpc) is 2.80. The van der Waals surface area contributed by atoms with E-state index in [-0.39, 0.29) is 22.8 Å². The van der Waals surface area contributed by atoms with E-state index >= 15 is 0 Å². The van der Waals surface area contributed by atoms with Crippen LogP contribution in [0.4, 0.5) is 5.69 Å². The zero-order valence-corrected chi connectivity index (χ0v) is 13.5. The Balaban J connectivity index is 2.25. The molecule has 0 unspecified atom stereocenters. The smallest absolute Gasteiger partial charge is 0.253 e. The molecule has 5 heteroatoms. The molecule has 0 aliphatic heterocycles. The first kappa shape index (κ1) is 15.5. The summed E-state index contributed by atoms with van der Waals surface area (Å²) in [5.74, 6) is 0.821. The van der Waals surface area contributed by atoms with Crippen LogP contribution in [0.5, 0.6) is 11.5 Å². The van der Waals surface area contributed by atoms with Crippen LogP contribution in [0.15, 0.2) is 12.1 Å². The van der Waals surface area contributed by atoms with Crippen molar-refractivity contribution in [2.75, 3.05) is 20.0 Å². The molecular weight excluding hydrogens is 268 g/mol. The van der Waals surface area contributed by atoms with Gasteiger partial charge in [-0.25, -0.2) is 0 Å². The monoisotopic (exact) mass is 292 g/mol. The molecule has 1 saturated carbocycles. The highest BCUT2D eigenvalue weighted by atomic mass is 16.5. The largest absolute Gasteiger partial charge is 0.493 e. The summed E-state index contributed by atoms with van der Waals surface area (Å²) in [6.07, 6.45) is 0. The summed E-state index contributed by atoms with van der Waals surface area (Å²) in [7, 11) is 3.06. The van der Waals surface area contributed by atoms with Crippen molar-refractivity contribution >= 4 is 11.6 Å². The molecule has 5 nitrogen and oxygen atoms in total. The Morgan fingerprint density at radius 3 is 2.00 bits per heavy atom. The number of hydrogen-bond donors (Lipinski definition) is 2. The van der Waals surface area contributed by atoms with Gasteiger partial charge in [0.2, 0.25) is 0 Å². The van der Waals surface area contributed by atoms with Gasteiger partial charge in [0.15, 0.2) is 11.5 Å². The molecule has 2 rings (SSSR count). The molecular formula is C16H24N2O3. The number of methoxy groups -OCH3 is 2. The minimum atomic E-state index is -0.183. The second-order valence-electron chi connectivity index (χ2n) is 6.64. The van der Waals surface area contributed by atoms with E-state index in [0.717, 1.165) is 0 Å². The lowest BCUT2D eigenvalue weighted by atomic mass is 10.0. The standard InChI is InChI=1S/C16H24N2O3/c1-15(2)14(16(15,3)4)18-13(19)9-7-11(20-5)12(21-6)8-10(9)17/h7-8,14H,17H2,1-6H3,(H,18,19). The average molecular weight is 292 g/mol. The van der Waals surface area contributed by atoms with E-state index in [9.17, 15) is 4.79 Å². The van der Waals surface area contributed by atoms with E-state index in [1.165, 1.54) is 14.2 Å². The summed E-state index contributed by atoms with van der Waals surface area (Å²) in [4.78, 5) is 12.5. The molecule has 0 spiro atoms. The van der Waals surface area contributed by atoms with Gasteiger partial charge in [0.25, 0.3) is 5.91 Å². The van der Waals surface area contributed by atoms with Crippen LogP contribution in [0.25, 0.3) is 0 Å². The molecule has 0 radical (unpaired) electrons. The van der Waals surface area contributed by atoms with Crippen LogP contribution in [0.3, 0.4) is 0 Å². The Labute approximate surface area is 125 Å². The second-order valence-corrected chi connectivity index (χ2v) is 6.64. The molecule has 0 aromatic heterocycles. The lowest BCUT2D eigenvalue weighted by Crippen LogP contribution is -2.30. The van der Waals surface area contributed by atoms with Crippen molar-refractivity contribution in [3.63, 3.8) is 0 Å². The number of benzene rings is 1. The summed E-state index contributed by atoms with van der Waals surface area (Å²) in [5.41, 5.74) is 6.90. The summed E-state index contributed by atoms with van der Waals surface area (Å²) >= 11 is 0. The van der Waals surface area contributed by atoms with Gasteiger partial charge < -0.3 is 20.5 Å². The first-order valence-corrected chi connectivity index (χ1v) is 6.99. The fraction of sp³-hybridized carbons (Fsp3) is 0.562. The molecule has 116 valence electrons. The number of amides is 1. The third-order valence-corrected chi connectivity index (χ3v) is 5.10. The van der Waals surface area contributed by atoms with Crippen molar-refractivity contribution in [2.45, 2.75) is 33.7 Å². The van der Waals surface area contributed by atoms with E-state index in [1.807, 2.05) is 0 Å². The van der Waals surface area contributed by atoms with Crippen LogP contribution in [0.1, 0.15) is 38.1 Å². The highest BCUT2D eigenvalue weighted by Gasteiger charge is 2.65. The van der Waals surface area contributed by atoms with E-state index in [1.54, 1.807) is 12.1 Å². The van der Waals surface area contributed by atoms with Crippen LogP contribution in [0.2, 0.25) is 0 Å². The Kier molecular flexibility index (Phi) is 3.56. The summed E-state index contributed by atoms with van der Waals surface area (Å²) in [6.45, 7) is 8.59. The molecule has 1 aliphatic carbocycles. The number of nitrogen functional groups attached to an aromatic ring is 1. The molecule has 1 aromatic carbocycles. The number of anilines is 1. The first-order valence-electron chi connectivity index (χ1n) is 6.99. The van der Waals surface area contributed by atoms with Crippen molar-refractivity contribution < 1.29 is 14.3 Å². The van der Waals surface area contributed by atoms with E-state index in [4.69, 9.17) is 15.2 Å². The van der Waals surface area contributed by atoms with Crippen LogP contribution in [0, 0.1) is 10.8 Å². The van der Waals surface area contributed by atoms with Crippen molar-refractivity contribution in [2.24, 2.45) is 10.8 Å². The number of carbonyl (C=O) groups excluding carboxylic acids is 1. The Morgan fingerprint density at radius 2 is 1.57 bits per heavy atom. The Morgan fingerprint density at radius 1 is 1.10 bits per heavy atom. The number of ether oxygens (including phenoxy) is 2. The predicted molar refractivity (Wildman–Crippen MR) is 82.8 cm³/mol. The first-order chi connectivity index (χ1) is 9.66. The maximum atomic E-state index is 12.5. The molecule has 1 aromatic rings. The summed E-state index contributed by atoms with van der Waals surface area (Å²) < 4.78 is 10.4. The van der Waals surface area contributed by atoms with Gasteiger partial charge in [-0.3, -0.25) is 4.79 Å². The second kappa shape index (κ2) is 4.83. The fourth-order valence-electron chi connectivity index (χ4n) is 2.86. The topological polar surface area (TPSA) is 73.6 Å². The highest BCUT2D eigenvalue weighted by molar-refractivity contribution is 6.00. The fourth-order valence-corrected chi connectivity index (χ4v) is 2.86. The minimum absolute atomic E-state index is 0.0774. The van der Waals surface area contributed by atoms with Crippen molar-refractivity contribution in [3.8, 4) is 11.5 Å². The number of nitrogens with one attached hydrogen (secondary N) is 1. The van der Waals surface area contributed by atoms with Gasteiger partial charge in [-0.05, 0) is 16.9 Å². The molecule has 21 heavy (non-hydrogen) atoms. The quantitative estimate of drug-likeness (QED) is 0.836. The lowest BCUT2D eigenvalue weighted by molar-refractivity contribution is 0.0944. The van der Waals surface area contributed by atoms with E-state index in [2.05, 4.69) is 33.0 Å². The van der Waals surface area contributed by atoms with Crippen LogP contribution in [-0.4, -0.2) is 26.2 Å². The van der Waals surface area contributed by atoms with Crippen molar-refractivity contribution in [1.29, 1.82) is 0 Å². The molecule has 1 fully saturated rings. The van der Waals surface area contributed by atoms with Crippen molar-refractivity contribution in [3.05, 3.63) is 17.7 Å². The molecule has 0 saturated heterocycles. The molecule has 1 amide bonds. The molecule has 0 bridgehead atoms. The molecule has 0 atom stereocenters. The highest BCUT2D eigenvalue weighted by Crippen LogP contribution is 2.62. The third-order valence-electron chi connectivity index (χ3n) is 5.10. The van der Waals surface area contributed by atoms with Crippen LogP contribution >= 0.6 is 0 Å². The minimum Gasteiger partial charge on any atom is -0.493 e. The predicted octanol–water partition coefficient (Wildman–Crippen LogP) is 2.45. The van der Waals surface area contributed by atoms with Gasteiger partial charge in [-0.1, -0.05) is 27.7 Å². The maximum Gasteiger partial charge on any atom is 0.253 e. The van der Waals surface area contributed by atoms with Gasteiger partial charge in [-0.2, -0.15) is 0 Å². The number of rotatable bonds is 4. The lowest BCUT2D eigenvalue weighted by Gasteiger charge is -2.13. The maximum absolute atomic E-state index is 12.5. The molecule has 0 heterocycles.